The molecule has 2 amide bonds. The Morgan fingerprint density at radius 2 is 1.82 bits per heavy atom. The molecule has 2 aliphatic rings. The van der Waals surface area contributed by atoms with Crippen LogP contribution < -0.4 is 10.6 Å². The lowest BCUT2D eigenvalue weighted by Gasteiger charge is -2.29. The highest BCUT2D eigenvalue weighted by atomic mass is 16.2. The summed E-state index contributed by atoms with van der Waals surface area (Å²) in [5, 5.41) is 10.3. The summed E-state index contributed by atoms with van der Waals surface area (Å²) >= 11 is 0. The fourth-order valence-electron chi connectivity index (χ4n) is 4.33. The molecule has 0 bridgehead atoms. The van der Waals surface area contributed by atoms with Gasteiger partial charge in [0.15, 0.2) is 0 Å². The van der Waals surface area contributed by atoms with Gasteiger partial charge in [-0.25, -0.2) is 9.67 Å². The molecule has 7 heteroatoms. The third-order valence-electron chi connectivity index (χ3n) is 5.96. The molecule has 1 aromatic carbocycles. The number of nitrogens with one attached hydrogen (secondary N) is 2. The highest BCUT2D eigenvalue weighted by Crippen LogP contribution is 2.28. The summed E-state index contributed by atoms with van der Waals surface area (Å²) in [6, 6.07) is 7.76. The number of hydrogen-bond acceptors (Lipinski definition) is 4. The minimum atomic E-state index is -0.0822. The third-order valence-corrected chi connectivity index (χ3v) is 5.96. The van der Waals surface area contributed by atoms with Crippen LogP contribution in [0.3, 0.4) is 0 Å². The van der Waals surface area contributed by atoms with Crippen molar-refractivity contribution in [1.82, 2.24) is 20.1 Å². The fourth-order valence-corrected chi connectivity index (χ4v) is 4.33. The predicted octanol–water partition coefficient (Wildman–Crippen LogP) is 3.32. The Bertz CT molecular complexity index is 806. The van der Waals surface area contributed by atoms with E-state index >= 15 is 0 Å². The molecule has 0 atom stereocenters. The number of benzene rings is 1. The summed E-state index contributed by atoms with van der Waals surface area (Å²) in [5.74, 6) is 0.0975. The van der Waals surface area contributed by atoms with Crippen molar-refractivity contribution in [2.24, 2.45) is 5.92 Å². The monoisotopic (exact) mass is 381 g/mol. The quantitative estimate of drug-likeness (QED) is 0.831. The van der Waals surface area contributed by atoms with Crippen molar-refractivity contribution in [2.75, 3.05) is 5.32 Å². The molecule has 2 aromatic rings. The van der Waals surface area contributed by atoms with Gasteiger partial charge in [-0.2, -0.15) is 5.10 Å². The first-order chi connectivity index (χ1) is 13.7. The molecule has 1 aromatic heterocycles. The van der Waals surface area contributed by atoms with Gasteiger partial charge in [-0.15, -0.1) is 0 Å². The summed E-state index contributed by atoms with van der Waals surface area (Å²) in [6.45, 7) is 0. The molecular weight excluding hydrogens is 354 g/mol. The highest BCUT2D eigenvalue weighted by molar-refractivity contribution is 5.97. The van der Waals surface area contributed by atoms with E-state index in [0.29, 0.717) is 17.3 Å². The van der Waals surface area contributed by atoms with Crippen LogP contribution >= 0.6 is 0 Å². The predicted molar refractivity (Wildman–Crippen MR) is 106 cm³/mol. The minimum Gasteiger partial charge on any atom is -0.349 e. The van der Waals surface area contributed by atoms with Gasteiger partial charge in [0.25, 0.3) is 5.91 Å². The highest BCUT2D eigenvalue weighted by Gasteiger charge is 2.25. The van der Waals surface area contributed by atoms with Crippen LogP contribution in [0.1, 0.15) is 67.8 Å². The SMILES string of the molecule is O=C(NC1CCC(n2cncn2)CC1)c1cccc(NC(=O)C2CCCC2)c1. The van der Waals surface area contributed by atoms with Crippen molar-refractivity contribution in [2.45, 2.75) is 63.5 Å². The number of rotatable bonds is 5. The van der Waals surface area contributed by atoms with Crippen molar-refractivity contribution in [1.29, 1.82) is 0 Å². The normalized spacial score (nSPS) is 22.7. The Kier molecular flexibility index (Phi) is 5.69. The number of aromatic nitrogens is 3. The van der Waals surface area contributed by atoms with Crippen LogP contribution in [0, 0.1) is 5.92 Å². The van der Waals surface area contributed by atoms with Crippen LogP contribution in [0.4, 0.5) is 5.69 Å². The molecule has 28 heavy (non-hydrogen) atoms. The van der Waals surface area contributed by atoms with Gasteiger partial charge < -0.3 is 10.6 Å². The number of anilines is 1. The lowest BCUT2D eigenvalue weighted by molar-refractivity contribution is -0.119. The number of carbonyl (C=O) groups is 2. The molecule has 7 nitrogen and oxygen atoms in total. The zero-order chi connectivity index (χ0) is 19.3. The molecule has 1 heterocycles. The first kappa shape index (κ1) is 18.7. The zero-order valence-corrected chi connectivity index (χ0v) is 16.0. The molecule has 148 valence electrons. The number of nitrogens with zero attached hydrogens (tertiary/aromatic N) is 3. The lowest BCUT2D eigenvalue weighted by atomic mass is 9.91. The van der Waals surface area contributed by atoms with E-state index in [0.717, 1.165) is 51.4 Å². The van der Waals surface area contributed by atoms with Gasteiger partial charge in [0.1, 0.15) is 12.7 Å². The van der Waals surface area contributed by atoms with Gasteiger partial charge in [0.2, 0.25) is 5.91 Å². The number of carbonyl (C=O) groups excluding carboxylic acids is 2. The van der Waals surface area contributed by atoms with E-state index in [1.165, 1.54) is 0 Å². The molecule has 2 N–H and O–H groups in total. The summed E-state index contributed by atoms with van der Waals surface area (Å²) in [7, 11) is 0. The maximum absolute atomic E-state index is 12.7. The van der Waals surface area contributed by atoms with E-state index in [-0.39, 0.29) is 23.8 Å². The second-order valence-corrected chi connectivity index (χ2v) is 7.91. The molecule has 2 fully saturated rings. The fraction of sp³-hybridized carbons (Fsp3) is 0.524. The van der Waals surface area contributed by atoms with Gasteiger partial charge in [-0.3, -0.25) is 9.59 Å². The van der Waals surface area contributed by atoms with Crippen LogP contribution in [0.5, 0.6) is 0 Å². The van der Waals surface area contributed by atoms with E-state index < -0.39 is 0 Å². The largest absolute Gasteiger partial charge is 0.349 e. The van der Waals surface area contributed by atoms with Gasteiger partial charge in [0.05, 0.1) is 6.04 Å². The molecule has 4 rings (SSSR count). The molecule has 0 spiro atoms. The van der Waals surface area contributed by atoms with Crippen LogP contribution in [0.25, 0.3) is 0 Å². The van der Waals surface area contributed by atoms with E-state index in [9.17, 15) is 9.59 Å². The second-order valence-electron chi connectivity index (χ2n) is 7.91. The van der Waals surface area contributed by atoms with E-state index in [1.54, 1.807) is 24.8 Å². The lowest BCUT2D eigenvalue weighted by Crippen LogP contribution is -2.38. The minimum absolute atomic E-state index is 0.0708. The van der Waals surface area contributed by atoms with Gasteiger partial charge >= 0.3 is 0 Å². The van der Waals surface area contributed by atoms with Crippen molar-refractivity contribution >= 4 is 17.5 Å². The Hall–Kier alpha value is -2.70. The Morgan fingerprint density at radius 3 is 2.54 bits per heavy atom. The molecule has 0 aliphatic heterocycles. The molecule has 2 aliphatic carbocycles. The standard InChI is InChI=1S/C21H27N5O2/c27-20(15-4-1-2-5-15)25-18-7-3-6-16(12-18)21(28)24-17-8-10-19(11-9-17)26-14-22-13-23-26/h3,6-7,12-15,17,19H,1-2,4-5,8-11H2,(H,24,28)(H,25,27). The Morgan fingerprint density at radius 1 is 1.04 bits per heavy atom. The van der Waals surface area contributed by atoms with Crippen LogP contribution in [-0.2, 0) is 4.79 Å². The van der Waals surface area contributed by atoms with Crippen molar-refractivity contribution in [3.05, 3.63) is 42.5 Å². The average molecular weight is 381 g/mol. The molecule has 0 unspecified atom stereocenters. The summed E-state index contributed by atoms with van der Waals surface area (Å²) in [4.78, 5) is 29.0. The summed E-state index contributed by atoms with van der Waals surface area (Å²) in [5.41, 5.74) is 1.28. The van der Waals surface area contributed by atoms with Crippen molar-refractivity contribution < 1.29 is 9.59 Å². The summed E-state index contributed by atoms with van der Waals surface area (Å²) in [6.07, 6.45) is 11.3. The van der Waals surface area contributed by atoms with Crippen LogP contribution in [-0.4, -0.2) is 32.6 Å². The van der Waals surface area contributed by atoms with Crippen molar-refractivity contribution in [3.8, 4) is 0 Å². The Balaban J connectivity index is 1.30. The van der Waals surface area contributed by atoms with E-state index in [4.69, 9.17) is 0 Å². The number of amides is 2. The molecular formula is C21H27N5O2. The van der Waals surface area contributed by atoms with Gasteiger partial charge in [0, 0.05) is 23.2 Å². The maximum Gasteiger partial charge on any atom is 0.251 e. The topological polar surface area (TPSA) is 88.9 Å². The number of hydrogen-bond donors (Lipinski definition) is 2. The molecule has 2 saturated carbocycles. The first-order valence-corrected chi connectivity index (χ1v) is 10.2. The van der Waals surface area contributed by atoms with Gasteiger partial charge in [-0.1, -0.05) is 18.9 Å². The smallest absolute Gasteiger partial charge is 0.251 e. The van der Waals surface area contributed by atoms with E-state index in [2.05, 4.69) is 20.7 Å². The van der Waals surface area contributed by atoms with E-state index in [1.807, 2.05) is 16.8 Å². The second kappa shape index (κ2) is 8.54. The Labute approximate surface area is 164 Å². The molecule has 0 radical (unpaired) electrons. The third kappa shape index (κ3) is 4.40. The van der Waals surface area contributed by atoms with Crippen LogP contribution in [0.15, 0.2) is 36.9 Å². The van der Waals surface area contributed by atoms with Crippen LogP contribution in [0.2, 0.25) is 0 Å². The average Bonchev–Trinajstić information content (AvgIpc) is 3.43. The maximum atomic E-state index is 12.7. The summed E-state index contributed by atoms with van der Waals surface area (Å²) < 4.78 is 1.91. The van der Waals surface area contributed by atoms with Crippen molar-refractivity contribution in [3.63, 3.8) is 0 Å². The van der Waals surface area contributed by atoms with Gasteiger partial charge in [-0.05, 0) is 56.7 Å². The zero-order valence-electron chi connectivity index (χ0n) is 16.0. The molecule has 0 saturated heterocycles. The first-order valence-electron chi connectivity index (χ1n) is 10.2.